The van der Waals surface area contributed by atoms with Crippen molar-refractivity contribution in [2.75, 3.05) is 19.7 Å². The van der Waals surface area contributed by atoms with Crippen molar-refractivity contribution >= 4 is 29.6 Å². The molecule has 5 rings (SSSR count). The van der Waals surface area contributed by atoms with E-state index in [1.807, 2.05) is 24.3 Å². The highest BCUT2D eigenvalue weighted by molar-refractivity contribution is 6.38. The molecule has 10 nitrogen and oxygen atoms in total. The van der Waals surface area contributed by atoms with E-state index in [0.717, 1.165) is 24.0 Å². The molecule has 3 N–H and O–H groups in total. The summed E-state index contributed by atoms with van der Waals surface area (Å²) in [6.45, 7) is 12.2. The Labute approximate surface area is 259 Å². The number of rotatable bonds is 14. The Morgan fingerprint density at radius 1 is 1.05 bits per heavy atom. The van der Waals surface area contributed by atoms with E-state index >= 15 is 0 Å². The third-order valence-corrected chi connectivity index (χ3v) is 9.92. The number of hydrogen-bond acceptors (Lipinski definition) is 6. The van der Waals surface area contributed by atoms with Gasteiger partial charge in [0, 0.05) is 13.1 Å². The fourth-order valence-corrected chi connectivity index (χ4v) is 7.07. The van der Waals surface area contributed by atoms with Crippen LogP contribution in [0.1, 0.15) is 50.7 Å². The van der Waals surface area contributed by atoms with Crippen LogP contribution in [-0.2, 0) is 36.8 Å². The Morgan fingerprint density at radius 3 is 2.34 bits per heavy atom. The fourth-order valence-electron chi connectivity index (χ4n) is 7.07. The normalized spacial score (nSPS) is 24.2. The number of benzene rings is 1. The lowest BCUT2D eigenvalue weighted by atomic mass is 9.93. The molecule has 4 amide bonds. The van der Waals surface area contributed by atoms with Gasteiger partial charge in [0.05, 0.1) is 12.6 Å². The summed E-state index contributed by atoms with van der Waals surface area (Å²) >= 11 is 0. The van der Waals surface area contributed by atoms with E-state index in [2.05, 4.69) is 43.0 Å². The number of ketones is 1. The molecule has 0 aromatic heterocycles. The number of nitrogens with zero attached hydrogens (tertiary/aromatic N) is 1. The van der Waals surface area contributed by atoms with Gasteiger partial charge >= 0.3 is 6.09 Å². The van der Waals surface area contributed by atoms with Crippen LogP contribution >= 0.6 is 0 Å². The second-order valence-corrected chi connectivity index (χ2v) is 13.3. The van der Waals surface area contributed by atoms with Gasteiger partial charge in [0.25, 0.3) is 5.91 Å². The van der Waals surface area contributed by atoms with Gasteiger partial charge < -0.3 is 25.6 Å². The first-order valence-electron chi connectivity index (χ1n) is 15.7. The van der Waals surface area contributed by atoms with E-state index < -0.39 is 41.8 Å². The molecule has 1 saturated heterocycles. The number of hydrogen-bond donors (Lipinski definition) is 3. The fraction of sp³-hybridized carbons (Fsp3) is 0.559. The number of amides is 4. The lowest BCUT2D eigenvalue weighted by molar-refractivity contribution is -0.144. The predicted molar refractivity (Wildman–Crippen MR) is 164 cm³/mol. The van der Waals surface area contributed by atoms with Gasteiger partial charge in [-0.2, -0.15) is 0 Å². The van der Waals surface area contributed by atoms with Gasteiger partial charge in [-0.3, -0.25) is 19.2 Å². The van der Waals surface area contributed by atoms with Crippen molar-refractivity contribution in [3.8, 4) is 0 Å². The average Bonchev–Trinajstić information content (AvgIpc) is 3.78. The summed E-state index contributed by atoms with van der Waals surface area (Å²) in [5.41, 5.74) is 2.11. The predicted octanol–water partition coefficient (Wildman–Crippen LogP) is 2.71. The van der Waals surface area contributed by atoms with Gasteiger partial charge in [0.15, 0.2) is 0 Å². The van der Waals surface area contributed by atoms with E-state index in [4.69, 9.17) is 4.74 Å². The maximum atomic E-state index is 14.4. The molecular weight excluding hydrogens is 560 g/mol. The number of likely N-dealkylation sites (tertiary alicyclic amines) is 1. The SMILES string of the molecule is C=CCCC(NC(=O)[C@@H]1[C@@H]2[C@H](CN1C(=O)[C@@H](NC(=O)OCC1CC1)C1Cc3ccccc3C1)C2(C)C)C(=O)C(=O)NCC=C. The Balaban J connectivity index is 1.36. The molecule has 2 saturated carbocycles. The van der Waals surface area contributed by atoms with Crippen molar-refractivity contribution in [1.82, 2.24) is 20.9 Å². The van der Waals surface area contributed by atoms with Crippen molar-refractivity contribution in [2.45, 2.75) is 70.5 Å². The highest BCUT2D eigenvalue weighted by atomic mass is 16.5. The topological polar surface area (TPSA) is 134 Å². The van der Waals surface area contributed by atoms with Crippen LogP contribution < -0.4 is 16.0 Å². The quantitative estimate of drug-likeness (QED) is 0.221. The number of carbonyl (C=O) groups excluding carboxylic acids is 5. The minimum absolute atomic E-state index is 0.101. The molecule has 1 heterocycles. The minimum Gasteiger partial charge on any atom is -0.449 e. The molecule has 0 radical (unpaired) electrons. The van der Waals surface area contributed by atoms with E-state index in [9.17, 15) is 24.0 Å². The van der Waals surface area contributed by atoms with Crippen molar-refractivity contribution < 1.29 is 28.7 Å². The number of Topliss-reactive ketones (excluding diaryl/α,β-unsaturated/α-hetero) is 1. The summed E-state index contributed by atoms with van der Waals surface area (Å²) < 4.78 is 5.46. The zero-order valence-corrected chi connectivity index (χ0v) is 25.7. The largest absolute Gasteiger partial charge is 0.449 e. The van der Waals surface area contributed by atoms with Crippen LogP contribution in [0.2, 0.25) is 0 Å². The number of nitrogens with one attached hydrogen (secondary N) is 3. The van der Waals surface area contributed by atoms with Crippen LogP contribution in [0, 0.1) is 29.1 Å². The zero-order chi connectivity index (χ0) is 31.6. The van der Waals surface area contributed by atoms with Crippen LogP contribution in [-0.4, -0.2) is 72.3 Å². The summed E-state index contributed by atoms with van der Waals surface area (Å²) in [7, 11) is 0. The second-order valence-electron chi connectivity index (χ2n) is 13.3. The van der Waals surface area contributed by atoms with E-state index in [0.29, 0.717) is 38.3 Å². The van der Waals surface area contributed by atoms with E-state index in [1.54, 1.807) is 11.0 Å². The highest BCUT2D eigenvalue weighted by Crippen LogP contribution is 2.65. The first-order valence-corrected chi connectivity index (χ1v) is 15.7. The number of piperidine rings is 1. The number of allylic oxidation sites excluding steroid dienone is 1. The maximum absolute atomic E-state index is 14.4. The average molecular weight is 605 g/mol. The summed E-state index contributed by atoms with van der Waals surface area (Å²) in [5.74, 6) is -2.20. The second kappa shape index (κ2) is 13.0. The van der Waals surface area contributed by atoms with Gasteiger partial charge in [-0.1, -0.05) is 50.3 Å². The van der Waals surface area contributed by atoms with Crippen molar-refractivity contribution in [3.05, 3.63) is 60.7 Å². The molecule has 1 aromatic carbocycles. The smallest absolute Gasteiger partial charge is 0.407 e. The Bertz CT molecular complexity index is 1310. The molecule has 5 atom stereocenters. The summed E-state index contributed by atoms with van der Waals surface area (Å²) in [6, 6.07) is 5.22. The van der Waals surface area contributed by atoms with Crippen LogP contribution in [0.25, 0.3) is 0 Å². The van der Waals surface area contributed by atoms with Crippen molar-refractivity contribution in [3.63, 3.8) is 0 Å². The maximum Gasteiger partial charge on any atom is 0.407 e. The molecule has 0 spiro atoms. The minimum atomic E-state index is -1.07. The van der Waals surface area contributed by atoms with Crippen molar-refractivity contribution in [1.29, 1.82) is 0 Å². The first kappa shape index (κ1) is 31.5. The van der Waals surface area contributed by atoms with Crippen LogP contribution in [0.4, 0.5) is 4.79 Å². The van der Waals surface area contributed by atoms with Crippen LogP contribution in [0.15, 0.2) is 49.6 Å². The third kappa shape index (κ3) is 6.59. The molecule has 1 aliphatic heterocycles. The lowest BCUT2D eigenvalue weighted by Crippen LogP contribution is -2.59. The Hall–Kier alpha value is -3.95. The molecule has 0 bridgehead atoms. The van der Waals surface area contributed by atoms with E-state index in [1.165, 1.54) is 6.08 Å². The first-order chi connectivity index (χ1) is 21.1. The molecule has 236 valence electrons. The van der Waals surface area contributed by atoms with Gasteiger partial charge in [0.1, 0.15) is 12.1 Å². The number of carbonyl (C=O) groups is 5. The lowest BCUT2D eigenvalue weighted by Gasteiger charge is -2.35. The highest BCUT2D eigenvalue weighted by Gasteiger charge is 2.69. The van der Waals surface area contributed by atoms with E-state index in [-0.39, 0.29) is 42.0 Å². The zero-order valence-electron chi connectivity index (χ0n) is 25.7. The molecule has 4 aliphatic rings. The number of fused-ring (bicyclic) bond motifs is 2. The van der Waals surface area contributed by atoms with Gasteiger partial charge in [-0.25, -0.2) is 4.79 Å². The standard InChI is InChI=1S/C34H44N4O6/c1-5-7-12-25(29(39)31(41)35-15-6-2)36-30(40)28-26-24(34(26,3)4)18-38(28)32(42)27(37-33(43)44-19-20-13-14-20)23-16-21-10-8-9-11-22(21)17-23/h5-6,8-11,20,23-28H,1-2,7,12-19H2,3-4H3,(H,35,41)(H,36,40)(H,37,43)/t24-,25?,26-,27-,28-/m0/s1. The van der Waals surface area contributed by atoms with Gasteiger partial charge in [0.2, 0.25) is 17.6 Å². The van der Waals surface area contributed by atoms with Gasteiger partial charge in [-0.15, -0.1) is 13.2 Å². The molecule has 3 aliphatic carbocycles. The molecule has 1 aromatic rings. The Morgan fingerprint density at radius 2 is 1.73 bits per heavy atom. The number of ether oxygens (including phenoxy) is 1. The van der Waals surface area contributed by atoms with Gasteiger partial charge in [-0.05, 0) is 78.7 Å². The van der Waals surface area contributed by atoms with Crippen LogP contribution in [0.3, 0.4) is 0 Å². The molecular formula is C34H44N4O6. The molecule has 10 heteroatoms. The van der Waals surface area contributed by atoms with Crippen molar-refractivity contribution in [2.24, 2.45) is 29.1 Å². The monoisotopic (exact) mass is 604 g/mol. The van der Waals surface area contributed by atoms with Crippen LogP contribution in [0.5, 0.6) is 0 Å². The molecule has 1 unspecified atom stereocenters. The summed E-state index contributed by atoms with van der Waals surface area (Å²) in [6.07, 6.45) is 6.38. The summed E-state index contributed by atoms with van der Waals surface area (Å²) in [4.78, 5) is 68.4. The molecule has 44 heavy (non-hydrogen) atoms. The molecule has 3 fully saturated rings. The Kier molecular flexibility index (Phi) is 9.27. The third-order valence-electron chi connectivity index (χ3n) is 9.92. The summed E-state index contributed by atoms with van der Waals surface area (Å²) in [5, 5.41) is 8.16. The number of alkyl carbamates (subject to hydrolysis) is 1.